The van der Waals surface area contributed by atoms with E-state index >= 15 is 0 Å². The number of nitrogens with one attached hydrogen (secondary N) is 1. The van der Waals surface area contributed by atoms with Gasteiger partial charge in [-0.15, -0.1) is 0 Å². The van der Waals surface area contributed by atoms with Gasteiger partial charge >= 0.3 is 0 Å². The highest BCUT2D eigenvalue weighted by atomic mass is 16.5. The summed E-state index contributed by atoms with van der Waals surface area (Å²) in [5, 5.41) is 20.5. The van der Waals surface area contributed by atoms with Gasteiger partial charge in [-0.2, -0.15) is 10.4 Å². The van der Waals surface area contributed by atoms with Crippen LogP contribution in [0.15, 0.2) is 37.2 Å². The summed E-state index contributed by atoms with van der Waals surface area (Å²) in [6.07, 6.45) is 10.5. The highest BCUT2D eigenvalue weighted by Crippen LogP contribution is 2.43. The van der Waals surface area contributed by atoms with Crippen LogP contribution in [0.5, 0.6) is 0 Å². The second-order valence-corrected chi connectivity index (χ2v) is 9.11. The molecular formula is C25H32N6O. The Morgan fingerprint density at radius 3 is 2.50 bits per heavy atom. The number of anilines is 2. The van der Waals surface area contributed by atoms with Crippen LogP contribution in [-0.4, -0.2) is 27.3 Å². The normalized spacial score (nSPS) is 16.2. The van der Waals surface area contributed by atoms with Crippen molar-refractivity contribution in [2.24, 2.45) is 0 Å². The largest absolute Gasteiger partial charge is 0.336 e. The third-order valence-corrected chi connectivity index (χ3v) is 6.19. The topological polar surface area (TPSA) is 88.3 Å². The highest BCUT2D eigenvalue weighted by Gasteiger charge is 2.30. The third kappa shape index (κ3) is 4.93. The van der Waals surface area contributed by atoms with Gasteiger partial charge in [0.1, 0.15) is 5.69 Å². The first kappa shape index (κ1) is 22.3. The molecule has 2 N–H and O–H groups in total. The van der Waals surface area contributed by atoms with E-state index in [1.807, 2.05) is 13.8 Å². The summed E-state index contributed by atoms with van der Waals surface area (Å²) < 4.78 is 0. The summed E-state index contributed by atoms with van der Waals surface area (Å²) in [4.78, 5) is 11.3. The molecule has 0 atom stereocenters. The molecule has 2 aliphatic rings. The number of hydrogen-bond donors (Lipinski definition) is 2. The maximum absolute atomic E-state index is 10.1. The number of nitriles is 1. The molecule has 0 amide bonds. The standard InChI is InChI=1S/C25H32N6O/c1-17(2)29-31(32)23-15-27-25(28-16-23)18(3)30(22-6-4-5-7-22)24-14-21(19-8-9-19)11-10-20(24)12-13-26/h10-11,14-17,19,22,29,32H,3-9,12H2,1-2H3. The molecule has 1 aromatic carbocycles. The zero-order valence-electron chi connectivity index (χ0n) is 19.0. The Morgan fingerprint density at radius 1 is 1.22 bits per heavy atom. The van der Waals surface area contributed by atoms with Crippen molar-refractivity contribution in [1.82, 2.24) is 15.4 Å². The molecule has 0 bridgehead atoms. The van der Waals surface area contributed by atoms with Gasteiger partial charge in [0, 0.05) is 17.8 Å². The summed E-state index contributed by atoms with van der Waals surface area (Å²) in [6, 6.07) is 9.24. The number of nitrogens with zero attached hydrogens (tertiary/aromatic N) is 5. The Labute approximate surface area is 190 Å². The van der Waals surface area contributed by atoms with Crippen LogP contribution >= 0.6 is 0 Å². The fraction of sp³-hybridized carbons (Fsp3) is 0.480. The number of hydrazine groups is 1. The molecule has 2 aliphatic carbocycles. The van der Waals surface area contributed by atoms with E-state index in [2.05, 4.69) is 51.1 Å². The monoisotopic (exact) mass is 432 g/mol. The molecule has 1 heterocycles. The SMILES string of the molecule is C=C(c1ncc(N(O)NC(C)C)cn1)N(c1cc(C2CC2)ccc1CC#N)C1CCCC1. The molecule has 1 aromatic heterocycles. The molecule has 32 heavy (non-hydrogen) atoms. The summed E-state index contributed by atoms with van der Waals surface area (Å²) in [5.74, 6) is 1.15. The van der Waals surface area contributed by atoms with Crippen molar-refractivity contribution in [1.29, 1.82) is 5.26 Å². The van der Waals surface area contributed by atoms with E-state index in [0.29, 0.717) is 29.9 Å². The summed E-state index contributed by atoms with van der Waals surface area (Å²) in [7, 11) is 0. The van der Waals surface area contributed by atoms with E-state index in [1.165, 1.54) is 31.2 Å². The lowest BCUT2D eigenvalue weighted by Gasteiger charge is -2.34. The minimum atomic E-state index is 0.0739. The predicted molar refractivity (Wildman–Crippen MR) is 126 cm³/mol. The van der Waals surface area contributed by atoms with Gasteiger partial charge in [-0.05, 0) is 62.6 Å². The first-order valence-electron chi connectivity index (χ1n) is 11.5. The Bertz CT molecular complexity index is 986. The van der Waals surface area contributed by atoms with Crippen LogP contribution in [0.25, 0.3) is 5.70 Å². The zero-order valence-corrected chi connectivity index (χ0v) is 19.0. The molecule has 2 aromatic rings. The minimum Gasteiger partial charge on any atom is -0.336 e. The average molecular weight is 433 g/mol. The van der Waals surface area contributed by atoms with E-state index in [-0.39, 0.29) is 6.04 Å². The van der Waals surface area contributed by atoms with Crippen LogP contribution in [0, 0.1) is 11.3 Å². The fourth-order valence-corrected chi connectivity index (χ4v) is 4.44. The fourth-order valence-electron chi connectivity index (χ4n) is 4.44. The average Bonchev–Trinajstić information content (AvgIpc) is 3.50. The van der Waals surface area contributed by atoms with Gasteiger partial charge in [0.2, 0.25) is 0 Å². The Balaban J connectivity index is 1.68. The van der Waals surface area contributed by atoms with Crippen molar-refractivity contribution in [3.05, 3.63) is 54.1 Å². The maximum Gasteiger partial charge on any atom is 0.175 e. The highest BCUT2D eigenvalue weighted by molar-refractivity contribution is 5.78. The third-order valence-electron chi connectivity index (χ3n) is 6.19. The molecule has 7 heteroatoms. The second kappa shape index (κ2) is 9.68. The summed E-state index contributed by atoms with van der Waals surface area (Å²) >= 11 is 0. The molecule has 4 rings (SSSR count). The lowest BCUT2D eigenvalue weighted by atomic mass is 10.0. The van der Waals surface area contributed by atoms with Crippen molar-refractivity contribution in [2.45, 2.75) is 76.8 Å². The number of benzene rings is 1. The van der Waals surface area contributed by atoms with Crippen LogP contribution in [0.3, 0.4) is 0 Å². The van der Waals surface area contributed by atoms with Crippen LogP contribution < -0.4 is 15.5 Å². The van der Waals surface area contributed by atoms with Crippen molar-refractivity contribution in [3.8, 4) is 6.07 Å². The lowest BCUT2D eigenvalue weighted by Crippen LogP contribution is -2.40. The molecule has 2 saturated carbocycles. The number of aromatic nitrogens is 2. The van der Waals surface area contributed by atoms with Gasteiger partial charge in [0.15, 0.2) is 5.82 Å². The van der Waals surface area contributed by atoms with Crippen molar-refractivity contribution in [3.63, 3.8) is 0 Å². The molecule has 0 saturated heterocycles. The van der Waals surface area contributed by atoms with E-state index < -0.39 is 0 Å². The van der Waals surface area contributed by atoms with Crippen molar-refractivity contribution in [2.75, 3.05) is 10.1 Å². The van der Waals surface area contributed by atoms with Gasteiger partial charge in [-0.25, -0.2) is 15.4 Å². The van der Waals surface area contributed by atoms with Crippen LogP contribution in [-0.2, 0) is 6.42 Å². The minimum absolute atomic E-state index is 0.0739. The van der Waals surface area contributed by atoms with Gasteiger partial charge in [0.05, 0.1) is 30.6 Å². The van der Waals surface area contributed by atoms with Crippen LogP contribution in [0.1, 0.15) is 75.2 Å². The molecule has 0 unspecified atom stereocenters. The van der Waals surface area contributed by atoms with E-state index in [1.54, 1.807) is 12.4 Å². The van der Waals surface area contributed by atoms with Crippen LogP contribution in [0.4, 0.5) is 11.4 Å². The van der Waals surface area contributed by atoms with Crippen LogP contribution in [0.2, 0.25) is 0 Å². The lowest BCUT2D eigenvalue weighted by molar-refractivity contribution is 0.199. The molecule has 0 radical (unpaired) electrons. The quantitative estimate of drug-likeness (QED) is 0.542. The van der Waals surface area contributed by atoms with Crippen molar-refractivity contribution < 1.29 is 5.21 Å². The molecular weight excluding hydrogens is 400 g/mol. The molecule has 168 valence electrons. The molecule has 7 nitrogen and oxygen atoms in total. The van der Waals surface area contributed by atoms with E-state index in [0.717, 1.165) is 35.0 Å². The van der Waals surface area contributed by atoms with Gasteiger partial charge in [-0.3, -0.25) is 5.21 Å². The van der Waals surface area contributed by atoms with Gasteiger partial charge < -0.3 is 4.90 Å². The molecule has 2 fully saturated rings. The first-order valence-corrected chi connectivity index (χ1v) is 11.5. The molecule has 0 spiro atoms. The molecule has 0 aliphatic heterocycles. The first-order chi connectivity index (χ1) is 15.5. The van der Waals surface area contributed by atoms with E-state index in [4.69, 9.17) is 0 Å². The Hall–Kier alpha value is -2.95. The van der Waals surface area contributed by atoms with Gasteiger partial charge in [-0.1, -0.05) is 31.6 Å². The summed E-state index contributed by atoms with van der Waals surface area (Å²) in [5.41, 5.74) is 7.50. The van der Waals surface area contributed by atoms with Crippen molar-refractivity contribution >= 4 is 17.1 Å². The summed E-state index contributed by atoms with van der Waals surface area (Å²) in [6.45, 7) is 8.26. The number of rotatable bonds is 9. The smallest absolute Gasteiger partial charge is 0.175 e. The maximum atomic E-state index is 10.1. The Morgan fingerprint density at radius 2 is 1.91 bits per heavy atom. The number of hydrogen-bond acceptors (Lipinski definition) is 7. The second-order valence-electron chi connectivity index (χ2n) is 9.11. The van der Waals surface area contributed by atoms with E-state index in [9.17, 15) is 10.5 Å². The zero-order chi connectivity index (χ0) is 22.7. The van der Waals surface area contributed by atoms with Gasteiger partial charge in [0.25, 0.3) is 0 Å². The predicted octanol–water partition coefficient (Wildman–Crippen LogP) is 4.95. The Kier molecular flexibility index (Phi) is 6.73.